The van der Waals surface area contributed by atoms with Crippen LogP contribution in [0.25, 0.3) is 0 Å². The van der Waals surface area contributed by atoms with Gasteiger partial charge in [-0.25, -0.2) is 8.42 Å². The van der Waals surface area contributed by atoms with E-state index in [-0.39, 0.29) is 6.04 Å². The number of thiophene rings is 1. The Morgan fingerprint density at radius 3 is 2.52 bits per heavy atom. The molecule has 1 rings (SSSR count). The first-order chi connectivity index (χ1) is 9.89. The number of rotatable bonds is 9. The SMILES string of the molecule is CCCNCc1scc(C)c1S(=O)(=O)N(CC)C(C)CC. The van der Waals surface area contributed by atoms with Crippen molar-refractivity contribution in [2.24, 2.45) is 0 Å². The quantitative estimate of drug-likeness (QED) is 0.705. The molecule has 0 fully saturated rings. The van der Waals surface area contributed by atoms with Gasteiger partial charge in [0.2, 0.25) is 10.0 Å². The molecule has 0 bridgehead atoms. The molecular formula is C15H28N2O2S2. The van der Waals surface area contributed by atoms with Gasteiger partial charge in [-0.05, 0) is 44.2 Å². The van der Waals surface area contributed by atoms with Crippen LogP contribution in [0.3, 0.4) is 0 Å². The summed E-state index contributed by atoms with van der Waals surface area (Å²) in [4.78, 5) is 1.43. The largest absolute Gasteiger partial charge is 0.312 e. The van der Waals surface area contributed by atoms with Crippen LogP contribution in [0.1, 0.15) is 51.0 Å². The van der Waals surface area contributed by atoms with Crippen molar-refractivity contribution in [2.75, 3.05) is 13.1 Å². The summed E-state index contributed by atoms with van der Waals surface area (Å²) in [5, 5.41) is 5.25. The Bertz CT molecular complexity index is 538. The number of sulfonamides is 1. The van der Waals surface area contributed by atoms with Gasteiger partial charge in [-0.15, -0.1) is 11.3 Å². The molecule has 0 radical (unpaired) electrons. The second-order valence-corrected chi connectivity index (χ2v) is 8.11. The average Bonchev–Trinajstić information content (AvgIpc) is 2.81. The molecule has 122 valence electrons. The Kier molecular flexibility index (Phi) is 7.33. The highest BCUT2D eigenvalue weighted by Gasteiger charge is 2.31. The summed E-state index contributed by atoms with van der Waals surface area (Å²) in [6, 6.07) is 0.0238. The molecule has 0 spiro atoms. The van der Waals surface area contributed by atoms with Crippen molar-refractivity contribution >= 4 is 21.4 Å². The molecule has 0 aliphatic rings. The number of nitrogens with zero attached hydrogens (tertiary/aromatic N) is 1. The van der Waals surface area contributed by atoms with Crippen molar-refractivity contribution in [1.29, 1.82) is 0 Å². The van der Waals surface area contributed by atoms with Gasteiger partial charge in [0.15, 0.2) is 0 Å². The maximum absolute atomic E-state index is 13.0. The van der Waals surface area contributed by atoms with Crippen LogP contribution in [0.2, 0.25) is 0 Å². The molecule has 21 heavy (non-hydrogen) atoms. The molecule has 1 N–H and O–H groups in total. The summed E-state index contributed by atoms with van der Waals surface area (Å²) >= 11 is 1.53. The summed E-state index contributed by atoms with van der Waals surface area (Å²) < 4.78 is 27.6. The van der Waals surface area contributed by atoms with Gasteiger partial charge in [0.25, 0.3) is 0 Å². The summed E-state index contributed by atoms with van der Waals surface area (Å²) in [7, 11) is -3.41. The fraction of sp³-hybridized carbons (Fsp3) is 0.733. The van der Waals surface area contributed by atoms with E-state index in [1.165, 1.54) is 11.3 Å². The Labute approximate surface area is 133 Å². The zero-order valence-electron chi connectivity index (χ0n) is 13.8. The molecule has 0 amide bonds. The van der Waals surface area contributed by atoms with Crippen LogP contribution in [0, 0.1) is 6.92 Å². The summed E-state index contributed by atoms with van der Waals surface area (Å²) in [6.07, 6.45) is 1.86. The van der Waals surface area contributed by atoms with Gasteiger partial charge in [-0.2, -0.15) is 4.31 Å². The number of nitrogens with one attached hydrogen (secondary N) is 1. The van der Waals surface area contributed by atoms with E-state index in [9.17, 15) is 8.42 Å². The van der Waals surface area contributed by atoms with Crippen molar-refractivity contribution in [3.8, 4) is 0 Å². The fourth-order valence-corrected chi connectivity index (χ4v) is 5.82. The first-order valence-electron chi connectivity index (χ1n) is 7.69. The van der Waals surface area contributed by atoms with E-state index in [2.05, 4.69) is 12.2 Å². The Hall–Kier alpha value is -0.430. The van der Waals surface area contributed by atoms with Gasteiger partial charge in [-0.3, -0.25) is 0 Å². The molecule has 0 aliphatic heterocycles. The van der Waals surface area contributed by atoms with E-state index in [4.69, 9.17) is 0 Å². The van der Waals surface area contributed by atoms with Crippen LogP contribution < -0.4 is 5.32 Å². The van der Waals surface area contributed by atoms with Gasteiger partial charge in [0.05, 0.1) is 0 Å². The van der Waals surface area contributed by atoms with E-state index in [1.807, 2.05) is 33.1 Å². The average molecular weight is 333 g/mol. The predicted molar refractivity (Wildman–Crippen MR) is 90.4 cm³/mol. The van der Waals surface area contributed by atoms with Gasteiger partial charge in [0.1, 0.15) is 4.90 Å². The van der Waals surface area contributed by atoms with Crippen LogP contribution in [-0.4, -0.2) is 31.9 Å². The predicted octanol–water partition coefficient (Wildman–Crippen LogP) is 3.37. The van der Waals surface area contributed by atoms with E-state index >= 15 is 0 Å². The minimum atomic E-state index is -3.41. The second kappa shape index (κ2) is 8.27. The maximum atomic E-state index is 13.0. The van der Waals surface area contributed by atoms with E-state index in [1.54, 1.807) is 4.31 Å². The van der Waals surface area contributed by atoms with Crippen LogP contribution in [0.4, 0.5) is 0 Å². The lowest BCUT2D eigenvalue weighted by molar-refractivity contribution is 0.342. The van der Waals surface area contributed by atoms with Crippen molar-refractivity contribution in [3.05, 3.63) is 15.8 Å². The van der Waals surface area contributed by atoms with Gasteiger partial charge in [0, 0.05) is 24.0 Å². The van der Waals surface area contributed by atoms with Gasteiger partial charge >= 0.3 is 0 Å². The van der Waals surface area contributed by atoms with Crippen LogP contribution in [0.5, 0.6) is 0 Å². The van der Waals surface area contributed by atoms with Crippen LogP contribution in [0.15, 0.2) is 10.3 Å². The Morgan fingerprint density at radius 1 is 1.33 bits per heavy atom. The zero-order chi connectivity index (χ0) is 16.0. The van der Waals surface area contributed by atoms with E-state index < -0.39 is 10.0 Å². The van der Waals surface area contributed by atoms with Crippen molar-refractivity contribution in [3.63, 3.8) is 0 Å². The first-order valence-corrected chi connectivity index (χ1v) is 10.0. The molecule has 1 unspecified atom stereocenters. The summed E-state index contributed by atoms with van der Waals surface area (Å²) in [5.41, 5.74) is 0.857. The van der Waals surface area contributed by atoms with Crippen LogP contribution in [-0.2, 0) is 16.6 Å². The molecule has 6 heteroatoms. The molecule has 1 heterocycles. The molecule has 1 atom stereocenters. The second-order valence-electron chi connectivity index (χ2n) is 5.31. The topological polar surface area (TPSA) is 49.4 Å². The van der Waals surface area contributed by atoms with Crippen molar-refractivity contribution < 1.29 is 8.42 Å². The van der Waals surface area contributed by atoms with Gasteiger partial charge in [-0.1, -0.05) is 20.8 Å². The third-order valence-corrected chi connectivity index (χ3v) is 7.22. The zero-order valence-corrected chi connectivity index (χ0v) is 15.4. The minimum Gasteiger partial charge on any atom is -0.312 e. The third-order valence-electron chi connectivity index (χ3n) is 3.66. The molecular weight excluding hydrogens is 304 g/mol. The van der Waals surface area contributed by atoms with Crippen molar-refractivity contribution in [2.45, 2.75) is 64.9 Å². The highest BCUT2D eigenvalue weighted by molar-refractivity contribution is 7.89. The monoisotopic (exact) mass is 332 g/mol. The minimum absolute atomic E-state index is 0.0238. The standard InChI is InChI=1S/C15H28N2O2S2/c1-6-9-16-10-14-15(12(4)11-20-14)21(18,19)17(8-3)13(5)7-2/h11,13,16H,6-10H2,1-5H3. The molecule has 0 aromatic carbocycles. The van der Waals surface area contributed by atoms with E-state index in [0.29, 0.717) is 18.0 Å². The highest BCUT2D eigenvalue weighted by atomic mass is 32.2. The van der Waals surface area contributed by atoms with Gasteiger partial charge < -0.3 is 5.32 Å². The third kappa shape index (κ3) is 4.28. The summed E-state index contributed by atoms with van der Waals surface area (Å²) in [6.45, 7) is 11.9. The van der Waals surface area contributed by atoms with Crippen LogP contribution >= 0.6 is 11.3 Å². The Balaban J connectivity index is 3.15. The summed E-state index contributed by atoms with van der Waals surface area (Å²) in [5.74, 6) is 0. The number of hydrogen-bond acceptors (Lipinski definition) is 4. The fourth-order valence-electron chi connectivity index (χ4n) is 2.37. The molecule has 0 aliphatic carbocycles. The van der Waals surface area contributed by atoms with Crippen molar-refractivity contribution in [1.82, 2.24) is 9.62 Å². The maximum Gasteiger partial charge on any atom is 0.244 e. The van der Waals surface area contributed by atoms with E-state index in [0.717, 1.165) is 29.8 Å². The number of hydrogen-bond donors (Lipinski definition) is 1. The molecule has 0 saturated heterocycles. The highest BCUT2D eigenvalue weighted by Crippen LogP contribution is 2.30. The molecule has 4 nitrogen and oxygen atoms in total. The molecule has 0 saturated carbocycles. The Morgan fingerprint density at radius 2 is 2.00 bits per heavy atom. The smallest absolute Gasteiger partial charge is 0.244 e. The lowest BCUT2D eigenvalue weighted by Gasteiger charge is -2.27. The number of aryl methyl sites for hydroxylation is 1. The first kappa shape index (κ1) is 18.6. The molecule has 1 aromatic rings. The lowest BCUT2D eigenvalue weighted by Crippen LogP contribution is -2.38. The molecule has 1 aromatic heterocycles. The normalized spacial score (nSPS) is 13.8. The lowest BCUT2D eigenvalue weighted by atomic mass is 10.3.